The monoisotopic (exact) mass is 245 g/mol. The molecule has 0 aliphatic heterocycles. The molecule has 3 nitrogen and oxygen atoms in total. The van der Waals surface area contributed by atoms with E-state index in [1.165, 1.54) is 19.2 Å². The Morgan fingerprint density at radius 1 is 1.62 bits per heavy atom. The molecule has 0 aliphatic carbocycles. The molecule has 16 heavy (non-hydrogen) atoms. The van der Waals surface area contributed by atoms with Crippen LogP contribution in [-0.4, -0.2) is 19.1 Å². The first-order valence-electron chi connectivity index (χ1n) is 4.79. The van der Waals surface area contributed by atoms with Gasteiger partial charge in [0, 0.05) is 6.54 Å². The quantitative estimate of drug-likeness (QED) is 0.826. The van der Waals surface area contributed by atoms with Crippen molar-refractivity contribution in [3.63, 3.8) is 0 Å². The fourth-order valence-corrected chi connectivity index (χ4v) is 1.38. The number of ether oxygens (including phenoxy) is 1. The van der Waals surface area contributed by atoms with E-state index in [0.717, 1.165) is 5.56 Å². The van der Waals surface area contributed by atoms with Crippen LogP contribution >= 0.6 is 11.6 Å². The summed E-state index contributed by atoms with van der Waals surface area (Å²) in [6, 6.07) is 4.02. The van der Waals surface area contributed by atoms with Crippen molar-refractivity contribution in [2.75, 3.05) is 7.11 Å². The summed E-state index contributed by atoms with van der Waals surface area (Å²) in [4.78, 5) is 11.1. The zero-order valence-corrected chi connectivity index (χ0v) is 9.84. The minimum atomic E-state index is -0.452. The van der Waals surface area contributed by atoms with Gasteiger partial charge in [-0.15, -0.1) is 0 Å². The summed E-state index contributed by atoms with van der Waals surface area (Å²) in [5.41, 5.74) is 0.808. The molecule has 88 valence electrons. The number of nitrogens with one attached hydrogen (secondary N) is 1. The summed E-state index contributed by atoms with van der Waals surface area (Å²) >= 11 is 5.62. The van der Waals surface area contributed by atoms with Crippen LogP contribution < -0.4 is 5.32 Å². The number of rotatable bonds is 4. The van der Waals surface area contributed by atoms with Crippen molar-refractivity contribution in [1.29, 1.82) is 0 Å². The van der Waals surface area contributed by atoms with E-state index in [-0.39, 0.29) is 11.0 Å². The molecule has 0 amide bonds. The van der Waals surface area contributed by atoms with Gasteiger partial charge >= 0.3 is 5.97 Å². The zero-order chi connectivity index (χ0) is 12.1. The molecule has 1 rings (SSSR count). The summed E-state index contributed by atoms with van der Waals surface area (Å²) < 4.78 is 17.4. The smallest absolute Gasteiger partial charge is 0.322 e. The maximum Gasteiger partial charge on any atom is 0.322 e. The molecule has 1 aromatic rings. The van der Waals surface area contributed by atoms with Crippen molar-refractivity contribution in [3.05, 3.63) is 34.6 Å². The van der Waals surface area contributed by atoms with Crippen LogP contribution in [-0.2, 0) is 16.1 Å². The van der Waals surface area contributed by atoms with E-state index in [1.807, 2.05) is 0 Å². The lowest BCUT2D eigenvalue weighted by atomic mass is 10.2. The Kier molecular flexibility index (Phi) is 4.71. The highest BCUT2D eigenvalue weighted by Crippen LogP contribution is 2.15. The molecule has 0 spiro atoms. The second-order valence-corrected chi connectivity index (χ2v) is 3.78. The number of benzene rings is 1. The Morgan fingerprint density at radius 3 is 2.88 bits per heavy atom. The van der Waals surface area contributed by atoms with Gasteiger partial charge in [0.2, 0.25) is 0 Å². The second-order valence-electron chi connectivity index (χ2n) is 3.37. The third-order valence-corrected chi connectivity index (χ3v) is 2.44. The minimum absolute atomic E-state index is 0.0741. The first-order valence-corrected chi connectivity index (χ1v) is 5.17. The van der Waals surface area contributed by atoms with Crippen molar-refractivity contribution in [1.82, 2.24) is 5.32 Å². The van der Waals surface area contributed by atoms with Crippen LogP contribution in [0.3, 0.4) is 0 Å². The maximum absolute atomic E-state index is 12.9. The van der Waals surface area contributed by atoms with Crippen LogP contribution in [0, 0.1) is 5.82 Å². The van der Waals surface area contributed by atoms with Gasteiger partial charge in [0.15, 0.2) is 0 Å². The van der Waals surface area contributed by atoms with E-state index in [4.69, 9.17) is 11.6 Å². The van der Waals surface area contributed by atoms with Crippen molar-refractivity contribution in [2.45, 2.75) is 19.5 Å². The van der Waals surface area contributed by atoms with E-state index in [1.54, 1.807) is 13.0 Å². The SMILES string of the molecule is COC(=O)C(C)NCc1ccc(F)c(Cl)c1. The van der Waals surface area contributed by atoms with Crippen LogP contribution in [0.5, 0.6) is 0 Å². The topological polar surface area (TPSA) is 38.3 Å². The van der Waals surface area contributed by atoms with Gasteiger partial charge in [0.1, 0.15) is 11.9 Å². The average Bonchev–Trinajstić information content (AvgIpc) is 2.29. The predicted molar refractivity (Wildman–Crippen MR) is 59.7 cm³/mol. The van der Waals surface area contributed by atoms with Crippen molar-refractivity contribution < 1.29 is 13.9 Å². The summed E-state index contributed by atoms with van der Waals surface area (Å²) in [5.74, 6) is -0.792. The van der Waals surface area contributed by atoms with E-state index in [0.29, 0.717) is 6.54 Å². The molecule has 0 saturated carbocycles. The molecule has 1 unspecified atom stereocenters. The number of esters is 1. The Bertz CT molecular complexity index is 384. The first-order chi connectivity index (χ1) is 7.54. The number of hydrogen-bond acceptors (Lipinski definition) is 3. The van der Waals surface area contributed by atoms with Gasteiger partial charge in [0.05, 0.1) is 12.1 Å². The van der Waals surface area contributed by atoms with Crippen LogP contribution in [0.2, 0.25) is 5.02 Å². The number of carbonyl (C=O) groups is 1. The van der Waals surface area contributed by atoms with Crippen LogP contribution in [0.15, 0.2) is 18.2 Å². The Labute approximate surface area is 98.5 Å². The Hall–Kier alpha value is -1.13. The summed E-state index contributed by atoms with van der Waals surface area (Å²) in [6.45, 7) is 2.12. The molecule has 0 aliphatic rings. The summed E-state index contributed by atoms with van der Waals surface area (Å²) in [6.07, 6.45) is 0. The number of carbonyl (C=O) groups excluding carboxylic acids is 1. The number of methoxy groups -OCH3 is 1. The van der Waals surface area contributed by atoms with Gasteiger partial charge in [-0.25, -0.2) is 4.39 Å². The van der Waals surface area contributed by atoms with Gasteiger partial charge in [-0.05, 0) is 24.6 Å². The molecular formula is C11H13ClFNO2. The Balaban J connectivity index is 2.55. The highest BCUT2D eigenvalue weighted by Gasteiger charge is 2.11. The van der Waals surface area contributed by atoms with Crippen LogP contribution in [0.1, 0.15) is 12.5 Å². The lowest BCUT2D eigenvalue weighted by Gasteiger charge is -2.11. The molecule has 1 aromatic carbocycles. The molecule has 1 atom stereocenters. The van der Waals surface area contributed by atoms with E-state index in [2.05, 4.69) is 10.1 Å². The van der Waals surface area contributed by atoms with Gasteiger partial charge in [-0.2, -0.15) is 0 Å². The zero-order valence-electron chi connectivity index (χ0n) is 9.09. The van der Waals surface area contributed by atoms with E-state index in [9.17, 15) is 9.18 Å². The second kappa shape index (κ2) is 5.82. The van der Waals surface area contributed by atoms with Crippen molar-refractivity contribution >= 4 is 17.6 Å². The average molecular weight is 246 g/mol. The summed E-state index contributed by atoms with van der Waals surface area (Å²) in [5, 5.41) is 3.01. The molecule has 1 N–H and O–H groups in total. The van der Waals surface area contributed by atoms with Gasteiger partial charge in [-0.3, -0.25) is 4.79 Å². The largest absolute Gasteiger partial charge is 0.468 e. The third kappa shape index (κ3) is 3.47. The fourth-order valence-electron chi connectivity index (χ4n) is 1.18. The summed E-state index contributed by atoms with van der Waals surface area (Å²) in [7, 11) is 1.33. The predicted octanol–water partition coefficient (Wildman–Crippen LogP) is 2.13. The highest BCUT2D eigenvalue weighted by molar-refractivity contribution is 6.30. The van der Waals surface area contributed by atoms with Gasteiger partial charge in [0.25, 0.3) is 0 Å². The van der Waals surface area contributed by atoms with Gasteiger partial charge in [-0.1, -0.05) is 17.7 Å². The molecule has 0 saturated heterocycles. The lowest BCUT2D eigenvalue weighted by molar-refractivity contribution is -0.142. The highest BCUT2D eigenvalue weighted by atomic mass is 35.5. The van der Waals surface area contributed by atoms with E-state index < -0.39 is 11.9 Å². The number of hydrogen-bond donors (Lipinski definition) is 1. The maximum atomic E-state index is 12.9. The molecule has 0 fully saturated rings. The van der Waals surface area contributed by atoms with Crippen LogP contribution in [0.25, 0.3) is 0 Å². The number of halogens is 2. The molecule has 0 radical (unpaired) electrons. The molecule has 0 bridgehead atoms. The third-order valence-electron chi connectivity index (χ3n) is 2.15. The minimum Gasteiger partial charge on any atom is -0.468 e. The van der Waals surface area contributed by atoms with Crippen molar-refractivity contribution in [2.24, 2.45) is 0 Å². The van der Waals surface area contributed by atoms with Crippen molar-refractivity contribution in [3.8, 4) is 0 Å². The molecular weight excluding hydrogens is 233 g/mol. The molecule has 0 heterocycles. The van der Waals surface area contributed by atoms with Gasteiger partial charge < -0.3 is 10.1 Å². The standard InChI is InChI=1S/C11H13ClFNO2/c1-7(11(15)16-2)14-6-8-3-4-10(13)9(12)5-8/h3-5,7,14H,6H2,1-2H3. The normalized spacial score (nSPS) is 12.2. The first kappa shape index (κ1) is 12.9. The lowest BCUT2D eigenvalue weighted by Crippen LogP contribution is -2.34. The van der Waals surface area contributed by atoms with E-state index >= 15 is 0 Å². The van der Waals surface area contributed by atoms with Crippen LogP contribution in [0.4, 0.5) is 4.39 Å². The molecule has 0 aromatic heterocycles. The fraction of sp³-hybridized carbons (Fsp3) is 0.364. The molecule has 5 heteroatoms. The Morgan fingerprint density at radius 2 is 2.31 bits per heavy atom.